The Morgan fingerprint density at radius 1 is 1.28 bits per heavy atom. The summed E-state index contributed by atoms with van der Waals surface area (Å²) < 4.78 is 0. The van der Waals surface area contributed by atoms with Gasteiger partial charge in [-0.1, -0.05) is 6.92 Å². The van der Waals surface area contributed by atoms with Gasteiger partial charge in [-0.25, -0.2) is 0 Å². The number of hydrogen-bond donors (Lipinski definition) is 1. The van der Waals surface area contributed by atoms with Gasteiger partial charge in [-0.05, 0) is 44.6 Å². The van der Waals surface area contributed by atoms with E-state index in [0.717, 1.165) is 18.2 Å². The van der Waals surface area contributed by atoms with E-state index < -0.39 is 0 Å². The molecule has 0 saturated heterocycles. The fraction of sp³-hybridized carbons (Fsp3) is 0.667. The summed E-state index contributed by atoms with van der Waals surface area (Å²) in [6, 6.07) is 2.88. The Labute approximate surface area is 111 Å². The summed E-state index contributed by atoms with van der Waals surface area (Å²) in [6.45, 7) is 5.41. The summed E-state index contributed by atoms with van der Waals surface area (Å²) in [7, 11) is 2.20. The summed E-state index contributed by atoms with van der Waals surface area (Å²) in [5, 5.41) is 3.32. The van der Waals surface area contributed by atoms with Gasteiger partial charge in [0.2, 0.25) is 0 Å². The molecule has 1 N–H and O–H groups in total. The van der Waals surface area contributed by atoms with Gasteiger partial charge in [-0.3, -0.25) is 4.98 Å². The van der Waals surface area contributed by atoms with Gasteiger partial charge in [0.15, 0.2) is 0 Å². The normalized spacial score (nSPS) is 23.7. The molecule has 1 heterocycles. The molecule has 1 aromatic rings. The molecule has 0 amide bonds. The van der Waals surface area contributed by atoms with Crippen molar-refractivity contribution in [1.29, 1.82) is 0 Å². The van der Waals surface area contributed by atoms with E-state index in [1.54, 1.807) is 0 Å². The van der Waals surface area contributed by atoms with Gasteiger partial charge in [0.05, 0.1) is 23.8 Å². The first-order chi connectivity index (χ1) is 8.70. The molecule has 0 unspecified atom stereocenters. The lowest BCUT2D eigenvalue weighted by Gasteiger charge is -2.35. The second-order valence-electron chi connectivity index (χ2n) is 5.49. The Morgan fingerprint density at radius 2 is 2.00 bits per heavy atom. The number of pyridine rings is 1. The monoisotopic (exact) mass is 247 g/mol. The zero-order valence-electron chi connectivity index (χ0n) is 11.8. The predicted molar refractivity (Wildman–Crippen MR) is 78.2 cm³/mol. The van der Waals surface area contributed by atoms with Gasteiger partial charge in [0.25, 0.3) is 0 Å². The molecule has 100 valence electrons. The Bertz CT molecular complexity index is 370. The van der Waals surface area contributed by atoms with Crippen molar-refractivity contribution in [1.82, 2.24) is 4.98 Å². The highest BCUT2D eigenvalue weighted by Crippen LogP contribution is 2.29. The van der Waals surface area contributed by atoms with E-state index in [9.17, 15) is 0 Å². The summed E-state index contributed by atoms with van der Waals surface area (Å²) in [5.41, 5.74) is 2.35. The third kappa shape index (κ3) is 3.15. The van der Waals surface area contributed by atoms with Crippen molar-refractivity contribution in [2.45, 2.75) is 45.6 Å². The molecule has 1 aliphatic rings. The van der Waals surface area contributed by atoms with E-state index in [1.165, 1.54) is 31.4 Å². The fourth-order valence-electron chi connectivity index (χ4n) is 2.76. The summed E-state index contributed by atoms with van der Waals surface area (Å²) in [6.07, 6.45) is 9.19. The first-order valence-corrected chi connectivity index (χ1v) is 7.12. The summed E-state index contributed by atoms with van der Waals surface area (Å²) in [5.74, 6) is 0.904. The van der Waals surface area contributed by atoms with Crippen molar-refractivity contribution in [3.8, 4) is 0 Å². The van der Waals surface area contributed by atoms with Crippen LogP contribution < -0.4 is 10.2 Å². The highest BCUT2D eigenvalue weighted by atomic mass is 15.1. The van der Waals surface area contributed by atoms with Crippen molar-refractivity contribution in [2.75, 3.05) is 23.8 Å². The molecule has 0 aromatic carbocycles. The third-order valence-electron chi connectivity index (χ3n) is 4.05. The highest BCUT2D eigenvalue weighted by Gasteiger charge is 2.22. The van der Waals surface area contributed by atoms with Crippen LogP contribution in [0.4, 0.5) is 11.4 Å². The molecule has 2 rings (SSSR count). The lowest BCUT2D eigenvalue weighted by Crippen LogP contribution is -2.34. The van der Waals surface area contributed by atoms with Crippen LogP contribution in [0.3, 0.4) is 0 Å². The zero-order chi connectivity index (χ0) is 13.0. The molecule has 1 fully saturated rings. The molecular formula is C15H25N3. The van der Waals surface area contributed by atoms with Crippen LogP contribution >= 0.6 is 0 Å². The molecule has 0 bridgehead atoms. The lowest BCUT2D eigenvalue weighted by molar-refractivity contribution is 0.340. The largest absolute Gasteiger partial charge is 0.384 e. The molecule has 1 aliphatic carbocycles. The van der Waals surface area contributed by atoms with Crippen LogP contribution in [-0.2, 0) is 0 Å². The Kier molecular flexibility index (Phi) is 4.45. The van der Waals surface area contributed by atoms with Crippen LogP contribution in [0.15, 0.2) is 18.5 Å². The van der Waals surface area contributed by atoms with E-state index in [4.69, 9.17) is 0 Å². The maximum absolute atomic E-state index is 4.33. The Balaban J connectivity index is 2.03. The van der Waals surface area contributed by atoms with Gasteiger partial charge in [-0.2, -0.15) is 0 Å². The number of nitrogens with zero attached hydrogens (tertiary/aromatic N) is 2. The number of rotatable bonds is 4. The second-order valence-corrected chi connectivity index (χ2v) is 5.49. The SMILES string of the molecule is CCNc1cncc(N(C)C2CCC(C)CC2)c1. The first-order valence-electron chi connectivity index (χ1n) is 7.12. The van der Waals surface area contributed by atoms with E-state index >= 15 is 0 Å². The van der Waals surface area contributed by atoms with E-state index in [0.29, 0.717) is 6.04 Å². The lowest BCUT2D eigenvalue weighted by atomic mass is 9.86. The number of aromatic nitrogens is 1. The number of nitrogens with one attached hydrogen (secondary N) is 1. The molecule has 1 aromatic heterocycles. The average Bonchev–Trinajstić information content (AvgIpc) is 2.39. The summed E-state index contributed by atoms with van der Waals surface area (Å²) >= 11 is 0. The van der Waals surface area contributed by atoms with Crippen molar-refractivity contribution in [3.63, 3.8) is 0 Å². The van der Waals surface area contributed by atoms with Crippen molar-refractivity contribution in [3.05, 3.63) is 18.5 Å². The molecule has 18 heavy (non-hydrogen) atoms. The maximum atomic E-state index is 4.33. The van der Waals surface area contributed by atoms with Gasteiger partial charge in [0, 0.05) is 19.6 Å². The van der Waals surface area contributed by atoms with Gasteiger partial charge < -0.3 is 10.2 Å². The van der Waals surface area contributed by atoms with Gasteiger partial charge in [-0.15, -0.1) is 0 Å². The quantitative estimate of drug-likeness (QED) is 0.882. The standard InChI is InChI=1S/C15H25N3/c1-4-17-13-9-15(11-16-10-13)18(3)14-7-5-12(2)6-8-14/h9-12,14,17H,4-8H2,1-3H3. The number of anilines is 2. The molecule has 0 radical (unpaired) electrons. The van der Waals surface area contributed by atoms with Gasteiger partial charge >= 0.3 is 0 Å². The Hall–Kier alpha value is -1.25. The van der Waals surface area contributed by atoms with Crippen LogP contribution in [0.1, 0.15) is 39.5 Å². The average molecular weight is 247 g/mol. The number of hydrogen-bond acceptors (Lipinski definition) is 3. The maximum Gasteiger partial charge on any atom is 0.0573 e. The van der Waals surface area contributed by atoms with Crippen molar-refractivity contribution >= 4 is 11.4 Å². The zero-order valence-corrected chi connectivity index (χ0v) is 11.8. The smallest absolute Gasteiger partial charge is 0.0573 e. The predicted octanol–water partition coefficient (Wildman–Crippen LogP) is 3.53. The van der Waals surface area contributed by atoms with Crippen LogP contribution in [0, 0.1) is 5.92 Å². The molecule has 1 saturated carbocycles. The minimum Gasteiger partial charge on any atom is -0.384 e. The minimum absolute atomic E-state index is 0.680. The van der Waals surface area contributed by atoms with Crippen molar-refractivity contribution in [2.24, 2.45) is 5.92 Å². The fourth-order valence-corrected chi connectivity index (χ4v) is 2.76. The van der Waals surface area contributed by atoms with Crippen LogP contribution in [0.5, 0.6) is 0 Å². The van der Waals surface area contributed by atoms with Crippen LogP contribution in [0.2, 0.25) is 0 Å². The van der Waals surface area contributed by atoms with E-state index in [2.05, 4.69) is 42.2 Å². The molecule has 0 spiro atoms. The minimum atomic E-state index is 0.680. The third-order valence-corrected chi connectivity index (χ3v) is 4.05. The van der Waals surface area contributed by atoms with Crippen LogP contribution in [0.25, 0.3) is 0 Å². The first kappa shape index (κ1) is 13.2. The van der Waals surface area contributed by atoms with Gasteiger partial charge in [0.1, 0.15) is 0 Å². The molecule has 3 nitrogen and oxygen atoms in total. The van der Waals surface area contributed by atoms with E-state index in [-0.39, 0.29) is 0 Å². The molecule has 0 atom stereocenters. The Morgan fingerprint density at radius 3 is 2.67 bits per heavy atom. The van der Waals surface area contributed by atoms with E-state index in [1.807, 2.05) is 12.4 Å². The molecule has 3 heteroatoms. The summed E-state index contributed by atoms with van der Waals surface area (Å²) in [4.78, 5) is 6.73. The van der Waals surface area contributed by atoms with Crippen LogP contribution in [-0.4, -0.2) is 24.6 Å². The second kappa shape index (κ2) is 6.07. The molecule has 0 aliphatic heterocycles. The topological polar surface area (TPSA) is 28.2 Å². The highest BCUT2D eigenvalue weighted by molar-refractivity contribution is 5.55. The van der Waals surface area contributed by atoms with Crippen molar-refractivity contribution < 1.29 is 0 Å². The molecular weight excluding hydrogens is 222 g/mol.